The summed E-state index contributed by atoms with van der Waals surface area (Å²) in [6.45, 7) is 4.09. The van der Waals surface area contributed by atoms with Gasteiger partial charge in [-0.2, -0.15) is 0 Å². The van der Waals surface area contributed by atoms with Gasteiger partial charge in [-0.05, 0) is 30.7 Å². The summed E-state index contributed by atoms with van der Waals surface area (Å²) < 4.78 is 5.74. The summed E-state index contributed by atoms with van der Waals surface area (Å²) in [5, 5.41) is 7.17. The molecule has 134 valence electrons. The first-order chi connectivity index (χ1) is 11.3. The van der Waals surface area contributed by atoms with E-state index in [0.29, 0.717) is 5.41 Å². The van der Waals surface area contributed by atoms with Crippen LogP contribution in [0, 0.1) is 5.41 Å². The zero-order chi connectivity index (χ0) is 16.1. The molecule has 24 heavy (non-hydrogen) atoms. The Morgan fingerprint density at radius 3 is 2.75 bits per heavy atom. The van der Waals surface area contributed by atoms with Crippen LogP contribution in [0.5, 0.6) is 5.75 Å². The second kappa shape index (κ2) is 8.92. The molecule has 3 rings (SSSR count). The normalized spacial score (nSPS) is 22.1. The maximum atomic E-state index is 5.74. The Balaban J connectivity index is 0.00000208. The highest BCUT2D eigenvalue weighted by Gasteiger charge is 2.32. The quantitative estimate of drug-likeness (QED) is 0.415. The van der Waals surface area contributed by atoms with Gasteiger partial charge in [-0.25, -0.2) is 0 Å². The summed E-state index contributed by atoms with van der Waals surface area (Å²) in [6, 6.07) is 8.56. The summed E-state index contributed by atoms with van der Waals surface area (Å²) in [5.74, 6) is 1.90. The molecule has 0 bridgehead atoms. The minimum Gasteiger partial charge on any atom is -0.493 e. The fourth-order valence-electron chi connectivity index (χ4n) is 3.90. The lowest BCUT2D eigenvalue weighted by molar-refractivity contribution is 0.259. The van der Waals surface area contributed by atoms with E-state index in [0.717, 1.165) is 31.3 Å². The van der Waals surface area contributed by atoms with Crippen molar-refractivity contribution < 1.29 is 4.74 Å². The largest absolute Gasteiger partial charge is 0.493 e. The third kappa shape index (κ3) is 4.35. The van der Waals surface area contributed by atoms with Crippen molar-refractivity contribution in [2.45, 2.75) is 51.5 Å². The molecule has 0 spiro atoms. The molecule has 1 atom stereocenters. The van der Waals surface area contributed by atoms with Gasteiger partial charge in [0.15, 0.2) is 5.96 Å². The number of ether oxygens (including phenoxy) is 1. The average Bonchev–Trinajstić information content (AvgIpc) is 3.08. The highest BCUT2D eigenvalue weighted by molar-refractivity contribution is 14.0. The van der Waals surface area contributed by atoms with Gasteiger partial charge >= 0.3 is 0 Å². The van der Waals surface area contributed by atoms with Gasteiger partial charge < -0.3 is 15.4 Å². The molecule has 1 heterocycles. The van der Waals surface area contributed by atoms with E-state index in [9.17, 15) is 0 Å². The minimum atomic E-state index is 0. The van der Waals surface area contributed by atoms with E-state index in [-0.39, 0.29) is 30.0 Å². The molecule has 4 nitrogen and oxygen atoms in total. The summed E-state index contributed by atoms with van der Waals surface area (Å²) in [6.07, 6.45) is 7.64. The molecular weight excluding hydrogens is 413 g/mol. The number of halogens is 1. The van der Waals surface area contributed by atoms with E-state index >= 15 is 0 Å². The number of fused-ring (bicyclic) bond motifs is 1. The SMILES string of the molecule is CCC1(CNC(=NC)NC2CCOc3ccccc32)CCCC1.I. The van der Waals surface area contributed by atoms with Gasteiger partial charge in [0.25, 0.3) is 0 Å². The fraction of sp³-hybridized carbons (Fsp3) is 0.632. The summed E-state index contributed by atoms with van der Waals surface area (Å²) in [5.41, 5.74) is 1.69. The van der Waals surface area contributed by atoms with Gasteiger partial charge in [-0.1, -0.05) is 38.0 Å². The number of rotatable bonds is 4. The van der Waals surface area contributed by atoms with Crippen molar-refractivity contribution in [3.8, 4) is 5.75 Å². The molecule has 1 fully saturated rings. The molecule has 0 amide bonds. The zero-order valence-corrected chi connectivity index (χ0v) is 17.1. The van der Waals surface area contributed by atoms with Crippen molar-refractivity contribution in [3.05, 3.63) is 29.8 Å². The van der Waals surface area contributed by atoms with Crippen LogP contribution in [0.4, 0.5) is 0 Å². The van der Waals surface area contributed by atoms with Crippen LogP contribution in [0.3, 0.4) is 0 Å². The molecule has 1 aliphatic heterocycles. The van der Waals surface area contributed by atoms with Crippen molar-refractivity contribution in [2.75, 3.05) is 20.2 Å². The molecule has 0 aromatic heterocycles. The van der Waals surface area contributed by atoms with E-state index in [1.165, 1.54) is 37.7 Å². The predicted octanol–water partition coefficient (Wildman–Crippen LogP) is 4.26. The molecule has 2 aliphatic rings. The predicted molar refractivity (Wildman–Crippen MR) is 110 cm³/mol. The standard InChI is InChI=1S/C19H29N3O.HI/c1-3-19(11-6-7-12-19)14-21-18(20-2)22-16-10-13-23-17-9-5-4-8-15(16)17;/h4-5,8-9,16H,3,6-7,10-14H2,1-2H3,(H2,20,21,22);1H. The maximum Gasteiger partial charge on any atom is 0.191 e. The van der Waals surface area contributed by atoms with E-state index in [1.807, 2.05) is 19.2 Å². The highest BCUT2D eigenvalue weighted by atomic mass is 127. The van der Waals surface area contributed by atoms with E-state index < -0.39 is 0 Å². The first kappa shape index (κ1) is 19.3. The van der Waals surface area contributed by atoms with Crippen molar-refractivity contribution >= 4 is 29.9 Å². The van der Waals surface area contributed by atoms with E-state index in [2.05, 4.69) is 34.7 Å². The van der Waals surface area contributed by atoms with Crippen molar-refractivity contribution in [1.29, 1.82) is 0 Å². The van der Waals surface area contributed by atoms with Crippen LogP contribution in [-0.4, -0.2) is 26.2 Å². The summed E-state index contributed by atoms with van der Waals surface area (Å²) >= 11 is 0. The van der Waals surface area contributed by atoms with E-state index in [4.69, 9.17) is 4.74 Å². The molecule has 1 aromatic rings. The second-order valence-electron chi connectivity index (χ2n) is 6.86. The van der Waals surface area contributed by atoms with Crippen LogP contribution in [-0.2, 0) is 0 Å². The number of nitrogens with zero attached hydrogens (tertiary/aromatic N) is 1. The Bertz CT molecular complexity index is 555. The number of hydrogen-bond donors (Lipinski definition) is 2. The third-order valence-corrected chi connectivity index (χ3v) is 5.54. The van der Waals surface area contributed by atoms with Crippen LogP contribution in [0.2, 0.25) is 0 Å². The average molecular weight is 443 g/mol. The number of benzene rings is 1. The monoisotopic (exact) mass is 443 g/mol. The van der Waals surface area contributed by atoms with Gasteiger partial charge in [0.2, 0.25) is 0 Å². The molecule has 1 aromatic carbocycles. The molecule has 1 saturated carbocycles. The van der Waals surface area contributed by atoms with Gasteiger partial charge in [0.05, 0.1) is 12.6 Å². The van der Waals surface area contributed by atoms with Crippen LogP contribution in [0.25, 0.3) is 0 Å². The Kier molecular flexibility index (Phi) is 7.19. The van der Waals surface area contributed by atoms with Crippen LogP contribution in [0.1, 0.15) is 57.1 Å². The van der Waals surface area contributed by atoms with Gasteiger partial charge in [0, 0.05) is 25.6 Å². The van der Waals surface area contributed by atoms with Gasteiger partial charge in [-0.3, -0.25) is 4.99 Å². The molecule has 5 heteroatoms. The second-order valence-corrected chi connectivity index (χ2v) is 6.86. The van der Waals surface area contributed by atoms with Crippen molar-refractivity contribution in [3.63, 3.8) is 0 Å². The Labute approximate surface area is 162 Å². The van der Waals surface area contributed by atoms with Gasteiger partial charge in [0.1, 0.15) is 5.75 Å². The molecular formula is C19H30IN3O. The Morgan fingerprint density at radius 2 is 2.04 bits per heavy atom. The summed E-state index contributed by atoms with van der Waals surface area (Å²) in [4.78, 5) is 4.44. The Morgan fingerprint density at radius 1 is 1.29 bits per heavy atom. The maximum absolute atomic E-state index is 5.74. The minimum absolute atomic E-state index is 0. The van der Waals surface area contributed by atoms with E-state index in [1.54, 1.807) is 0 Å². The smallest absolute Gasteiger partial charge is 0.191 e. The van der Waals surface area contributed by atoms with Crippen LogP contribution < -0.4 is 15.4 Å². The lowest BCUT2D eigenvalue weighted by Gasteiger charge is -2.31. The lowest BCUT2D eigenvalue weighted by Crippen LogP contribution is -2.45. The van der Waals surface area contributed by atoms with Gasteiger partial charge in [-0.15, -0.1) is 24.0 Å². The lowest BCUT2D eigenvalue weighted by atomic mass is 9.83. The van der Waals surface area contributed by atoms with Crippen LogP contribution in [0.15, 0.2) is 29.3 Å². The fourth-order valence-corrected chi connectivity index (χ4v) is 3.90. The number of nitrogens with one attached hydrogen (secondary N) is 2. The molecule has 2 N–H and O–H groups in total. The zero-order valence-electron chi connectivity index (χ0n) is 14.8. The third-order valence-electron chi connectivity index (χ3n) is 5.54. The topological polar surface area (TPSA) is 45.7 Å². The number of para-hydroxylation sites is 1. The first-order valence-corrected chi connectivity index (χ1v) is 8.95. The first-order valence-electron chi connectivity index (χ1n) is 8.95. The van der Waals surface area contributed by atoms with Crippen molar-refractivity contribution in [1.82, 2.24) is 10.6 Å². The molecule has 0 saturated heterocycles. The highest BCUT2D eigenvalue weighted by Crippen LogP contribution is 2.40. The number of guanidine groups is 1. The Hall–Kier alpha value is -0.980. The molecule has 1 aliphatic carbocycles. The van der Waals surface area contributed by atoms with Crippen molar-refractivity contribution in [2.24, 2.45) is 10.4 Å². The van der Waals surface area contributed by atoms with Crippen LogP contribution >= 0.6 is 24.0 Å². The number of aliphatic imine (C=N–C) groups is 1. The summed E-state index contributed by atoms with van der Waals surface area (Å²) in [7, 11) is 1.85. The molecule has 1 unspecified atom stereocenters. The number of hydrogen-bond acceptors (Lipinski definition) is 2. The molecule has 0 radical (unpaired) electrons.